The molecular formula is C15H16BrNO2S. The molecule has 0 spiro atoms. The summed E-state index contributed by atoms with van der Waals surface area (Å²) in [6.07, 6.45) is 2.22. The fourth-order valence-electron chi connectivity index (χ4n) is 1.73. The number of thiophene rings is 1. The number of rotatable bonds is 7. The fraction of sp³-hybridized carbons (Fsp3) is 0.267. The normalized spacial score (nSPS) is 10.4. The van der Waals surface area contributed by atoms with Crippen LogP contribution >= 0.6 is 27.3 Å². The van der Waals surface area contributed by atoms with Crippen LogP contribution in [0.5, 0.6) is 0 Å². The first-order valence-corrected chi connectivity index (χ1v) is 8.04. The second-order valence-electron chi connectivity index (χ2n) is 4.36. The molecule has 0 radical (unpaired) electrons. The van der Waals surface area contributed by atoms with E-state index in [2.05, 4.69) is 27.5 Å². The summed E-state index contributed by atoms with van der Waals surface area (Å²) >= 11 is 5.14. The molecule has 0 aliphatic heterocycles. The molecular weight excluding hydrogens is 338 g/mol. The van der Waals surface area contributed by atoms with Crippen molar-refractivity contribution in [2.45, 2.75) is 25.9 Å². The molecule has 1 heterocycles. The van der Waals surface area contributed by atoms with E-state index in [1.165, 1.54) is 4.88 Å². The van der Waals surface area contributed by atoms with Gasteiger partial charge in [0.1, 0.15) is 0 Å². The highest BCUT2D eigenvalue weighted by Crippen LogP contribution is 2.23. The van der Waals surface area contributed by atoms with Gasteiger partial charge >= 0.3 is 0 Å². The van der Waals surface area contributed by atoms with E-state index >= 15 is 0 Å². The molecule has 0 unspecified atom stereocenters. The van der Waals surface area contributed by atoms with Crippen molar-refractivity contribution in [3.05, 3.63) is 56.7 Å². The van der Waals surface area contributed by atoms with E-state index in [1.807, 2.05) is 36.4 Å². The van der Waals surface area contributed by atoms with Crippen LogP contribution in [0.15, 0.2) is 46.3 Å². The second kappa shape index (κ2) is 8.19. The van der Waals surface area contributed by atoms with Crippen molar-refractivity contribution < 1.29 is 9.63 Å². The monoisotopic (exact) mass is 353 g/mol. The van der Waals surface area contributed by atoms with Gasteiger partial charge in [0.15, 0.2) is 0 Å². The van der Waals surface area contributed by atoms with E-state index in [1.54, 1.807) is 11.3 Å². The van der Waals surface area contributed by atoms with E-state index < -0.39 is 0 Å². The first kappa shape index (κ1) is 15.2. The van der Waals surface area contributed by atoms with Gasteiger partial charge in [-0.1, -0.05) is 30.3 Å². The summed E-state index contributed by atoms with van der Waals surface area (Å²) in [6.45, 7) is 0.393. The minimum atomic E-state index is -0.0726. The molecule has 0 fully saturated rings. The van der Waals surface area contributed by atoms with E-state index in [0.29, 0.717) is 13.0 Å². The molecule has 1 aromatic heterocycles. The van der Waals surface area contributed by atoms with Crippen LogP contribution in [0.2, 0.25) is 0 Å². The van der Waals surface area contributed by atoms with Gasteiger partial charge in [0.2, 0.25) is 5.91 Å². The van der Waals surface area contributed by atoms with Crippen LogP contribution in [-0.2, 0) is 22.7 Å². The van der Waals surface area contributed by atoms with Crippen LogP contribution in [0.4, 0.5) is 0 Å². The summed E-state index contributed by atoms with van der Waals surface area (Å²) in [5.74, 6) is -0.0726. The Kier molecular flexibility index (Phi) is 6.24. The second-order valence-corrected chi connectivity index (χ2v) is 6.91. The lowest BCUT2D eigenvalue weighted by Gasteiger charge is -2.05. The molecule has 1 amide bonds. The zero-order chi connectivity index (χ0) is 14.2. The fourth-order valence-corrected chi connectivity index (χ4v) is 3.26. The van der Waals surface area contributed by atoms with Gasteiger partial charge in [-0.3, -0.25) is 9.63 Å². The molecule has 0 saturated carbocycles. The van der Waals surface area contributed by atoms with E-state index in [9.17, 15) is 4.79 Å². The van der Waals surface area contributed by atoms with E-state index in [0.717, 1.165) is 22.2 Å². The molecule has 3 nitrogen and oxygen atoms in total. The van der Waals surface area contributed by atoms with Gasteiger partial charge in [0.05, 0.1) is 10.4 Å². The Morgan fingerprint density at radius 3 is 2.70 bits per heavy atom. The Balaban J connectivity index is 1.59. The van der Waals surface area contributed by atoms with Gasteiger partial charge in [-0.15, -0.1) is 11.3 Å². The molecule has 0 aliphatic carbocycles. The Bertz CT molecular complexity index is 542. The summed E-state index contributed by atoms with van der Waals surface area (Å²) in [5.41, 5.74) is 3.52. The highest BCUT2D eigenvalue weighted by molar-refractivity contribution is 9.11. The van der Waals surface area contributed by atoms with Crippen LogP contribution in [0.1, 0.15) is 23.3 Å². The maximum absolute atomic E-state index is 11.6. The molecule has 20 heavy (non-hydrogen) atoms. The first-order chi connectivity index (χ1) is 9.74. The number of nitrogens with one attached hydrogen (secondary N) is 1. The SMILES string of the molecule is O=C(CCCc1ccc(Br)s1)NOCc1ccccc1. The molecule has 5 heteroatoms. The zero-order valence-electron chi connectivity index (χ0n) is 11.0. The third kappa shape index (κ3) is 5.45. The van der Waals surface area contributed by atoms with Gasteiger partial charge in [0, 0.05) is 11.3 Å². The number of aryl methyl sites for hydroxylation is 1. The predicted octanol–water partition coefficient (Wildman–Crippen LogP) is 4.08. The third-order valence-electron chi connectivity index (χ3n) is 2.72. The molecule has 0 saturated heterocycles. The van der Waals surface area contributed by atoms with E-state index in [-0.39, 0.29) is 5.91 Å². The lowest BCUT2D eigenvalue weighted by molar-refractivity contribution is -0.134. The summed E-state index contributed by atoms with van der Waals surface area (Å²) in [6, 6.07) is 13.9. The van der Waals surface area contributed by atoms with Crippen molar-refractivity contribution in [1.82, 2.24) is 5.48 Å². The average molecular weight is 354 g/mol. The number of halogens is 1. The Hall–Kier alpha value is -1.17. The maximum Gasteiger partial charge on any atom is 0.243 e. The van der Waals surface area contributed by atoms with Crippen molar-refractivity contribution in [2.24, 2.45) is 0 Å². The number of hydrogen-bond acceptors (Lipinski definition) is 3. The van der Waals surface area contributed by atoms with Crippen LogP contribution in [0.25, 0.3) is 0 Å². The van der Waals surface area contributed by atoms with E-state index in [4.69, 9.17) is 4.84 Å². The number of benzene rings is 1. The minimum absolute atomic E-state index is 0.0726. The van der Waals surface area contributed by atoms with Crippen molar-refractivity contribution in [3.8, 4) is 0 Å². The quantitative estimate of drug-likeness (QED) is 0.761. The molecule has 2 aromatic rings. The van der Waals surface area contributed by atoms with Gasteiger partial charge in [-0.2, -0.15) is 0 Å². The lowest BCUT2D eigenvalue weighted by Crippen LogP contribution is -2.23. The minimum Gasteiger partial charge on any atom is -0.273 e. The molecule has 1 aromatic carbocycles. The zero-order valence-corrected chi connectivity index (χ0v) is 13.4. The van der Waals surface area contributed by atoms with Crippen LogP contribution in [-0.4, -0.2) is 5.91 Å². The van der Waals surface area contributed by atoms with Gasteiger partial charge in [0.25, 0.3) is 0 Å². The third-order valence-corrected chi connectivity index (χ3v) is 4.41. The molecule has 1 N–H and O–H groups in total. The number of amides is 1. The number of carbonyl (C=O) groups is 1. The summed E-state index contributed by atoms with van der Waals surface area (Å²) in [7, 11) is 0. The van der Waals surface area contributed by atoms with Crippen molar-refractivity contribution >= 4 is 33.2 Å². The highest BCUT2D eigenvalue weighted by Gasteiger charge is 2.03. The molecule has 2 rings (SSSR count). The van der Waals surface area contributed by atoms with Crippen LogP contribution < -0.4 is 5.48 Å². The van der Waals surface area contributed by atoms with Crippen molar-refractivity contribution in [3.63, 3.8) is 0 Å². The smallest absolute Gasteiger partial charge is 0.243 e. The van der Waals surface area contributed by atoms with Crippen molar-refractivity contribution in [1.29, 1.82) is 0 Å². The summed E-state index contributed by atoms with van der Waals surface area (Å²) in [5, 5.41) is 0. The van der Waals surface area contributed by atoms with Gasteiger partial charge in [-0.05, 0) is 46.5 Å². The van der Waals surface area contributed by atoms with Gasteiger partial charge in [-0.25, -0.2) is 5.48 Å². The lowest BCUT2D eigenvalue weighted by atomic mass is 10.2. The topological polar surface area (TPSA) is 38.3 Å². The first-order valence-electron chi connectivity index (χ1n) is 6.43. The number of carbonyl (C=O) groups excluding carboxylic acids is 1. The summed E-state index contributed by atoms with van der Waals surface area (Å²) < 4.78 is 1.13. The highest BCUT2D eigenvalue weighted by atomic mass is 79.9. The summed E-state index contributed by atoms with van der Waals surface area (Å²) in [4.78, 5) is 18.1. The van der Waals surface area contributed by atoms with Gasteiger partial charge < -0.3 is 0 Å². The average Bonchev–Trinajstić information content (AvgIpc) is 2.86. The largest absolute Gasteiger partial charge is 0.273 e. The Labute approximate surface area is 131 Å². The molecule has 0 aliphatic rings. The van der Waals surface area contributed by atoms with Crippen LogP contribution in [0.3, 0.4) is 0 Å². The standard InChI is InChI=1S/C15H16BrNO2S/c16-14-10-9-13(20-14)7-4-8-15(18)17-19-11-12-5-2-1-3-6-12/h1-3,5-6,9-10H,4,7-8,11H2,(H,17,18). The molecule has 0 atom stereocenters. The van der Waals surface area contributed by atoms with Crippen molar-refractivity contribution in [2.75, 3.05) is 0 Å². The Morgan fingerprint density at radius 2 is 2.00 bits per heavy atom. The predicted molar refractivity (Wildman–Crippen MR) is 84.3 cm³/mol. The Morgan fingerprint density at radius 1 is 1.20 bits per heavy atom. The number of hydrogen-bond donors (Lipinski definition) is 1. The maximum atomic E-state index is 11.6. The number of hydroxylamine groups is 1. The molecule has 106 valence electrons. The van der Waals surface area contributed by atoms with Crippen LogP contribution in [0, 0.1) is 0 Å². The molecule has 0 bridgehead atoms.